The second-order valence-electron chi connectivity index (χ2n) is 7.22. The zero-order chi connectivity index (χ0) is 17.6. The van der Waals surface area contributed by atoms with E-state index in [1.807, 2.05) is 23.1 Å². The van der Waals surface area contributed by atoms with Crippen molar-refractivity contribution in [3.05, 3.63) is 29.3 Å². The van der Waals surface area contributed by atoms with E-state index in [2.05, 4.69) is 22.2 Å². The summed E-state index contributed by atoms with van der Waals surface area (Å²) in [5, 5.41) is 3.65. The van der Waals surface area contributed by atoms with Crippen molar-refractivity contribution in [3.8, 4) is 0 Å². The van der Waals surface area contributed by atoms with Gasteiger partial charge in [-0.15, -0.1) is 0 Å². The first-order valence-corrected chi connectivity index (χ1v) is 9.74. The molecular formula is C19H29ClN4O. The molecule has 0 aliphatic carbocycles. The summed E-state index contributed by atoms with van der Waals surface area (Å²) in [6.45, 7) is 6.49. The van der Waals surface area contributed by atoms with Crippen molar-refractivity contribution in [2.24, 2.45) is 0 Å². The third-order valence-corrected chi connectivity index (χ3v) is 5.57. The number of benzene rings is 1. The van der Waals surface area contributed by atoms with Crippen LogP contribution in [0.25, 0.3) is 0 Å². The number of hydrogen-bond donors (Lipinski definition) is 1. The van der Waals surface area contributed by atoms with E-state index >= 15 is 0 Å². The molecule has 25 heavy (non-hydrogen) atoms. The molecular weight excluding hydrogens is 336 g/mol. The summed E-state index contributed by atoms with van der Waals surface area (Å²) < 4.78 is 0. The molecule has 3 rings (SSSR count). The Kier molecular flexibility index (Phi) is 6.57. The van der Waals surface area contributed by atoms with Crippen LogP contribution in [0.1, 0.15) is 25.7 Å². The van der Waals surface area contributed by atoms with Gasteiger partial charge in [-0.05, 0) is 50.9 Å². The molecule has 0 saturated carbocycles. The van der Waals surface area contributed by atoms with Gasteiger partial charge in [0, 0.05) is 56.0 Å². The predicted octanol–water partition coefficient (Wildman–Crippen LogP) is 3.36. The van der Waals surface area contributed by atoms with E-state index < -0.39 is 0 Å². The summed E-state index contributed by atoms with van der Waals surface area (Å²) in [7, 11) is 2.18. The lowest BCUT2D eigenvalue weighted by Crippen LogP contribution is -2.49. The molecule has 1 atom stereocenters. The number of likely N-dealkylation sites (N-methyl/N-ethyl adjacent to an activating group) is 1. The number of nitrogens with one attached hydrogen (secondary N) is 1. The van der Waals surface area contributed by atoms with Crippen LogP contribution < -0.4 is 5.32 Å². The number of carbonyl (C=O) groups excluding carboxylic acids is 1. The number of carbonyl (C=O) groups is 1. The average Bonchev–Trinajstić information content (AvgIpc) is 2.61. The van der Waals surface area contributed by atoms with E-state index in [9.17, 15) is 4.79 Å². The minimum atomic E-state index is 0.00495. The fourth-order valence-electron chi connectivity index (χ4n) is 3.73. The highest BCUT2D eigenvalue weighted by Crippen LogP contribution is 2.22. The quantitative estimate of drug-likeness (QED) is 0.890. The molecule has 0 aromatic heterocycles. The fraction of sp³-hybridized carbons (Fsp3) is 0.632. The molecule has 2 amide bonds. The first-order valence-electron chi connectivity index (χ1n) is 9.36. The SMILES string of the molecule is CN1CCN(CCC2CCCCN2C(=O)Nc2cccc(Cl)c2)CC1. The molecule has 0 bridgehead atoms. The van der Waals surface area contributed by atoms with Crippen LogP contribution >= 0.6 is 11.6 Å². The maximum Gasteiger partial charge on any atom is 0.322 e. The van der Waals surface area contributed by atoms with Gasteiger partial charge in [0.1, 0.15) is 0 Å². The summed E-state index contributed by atoms with van der Waals surface area (Å²) in [5.74, 6) is 0. The number of piperidine rings is 1. The minimum Gasteiger partial charge on any atom is -0.322 e. The number of hydrogen-bond acceptors (Lipinski definition) is 3. The van der Waals surface area contributed by atoms with Crippen molar-refractivity contribution in [2.75, 3.05) is 51.6 Å². The number of nitrogens with zero attached hydrogens (tertiary/aromatic N) is 3. The Balaban J connectivity index is 1.53. The van der Waals surface area contributed by atoms with E-state index in [4.69, 9.17) is 11.6 Å². The Morgan fingerprint density at radius 2 is 2.00 bits per heavy atom. The summed E-state index contributed by atoms with van der Waals surface area (Å²) in [4.78, 5) is 19.7. The van der Waals surface area contributed by atoms with Gasteiger partial charge in [-0.3, -0.25) is 0 Å². The van der Waals surface area contributed by atoms with Gasteiger partial charge in [0.2, 0.25) is 0 Å². The van der Waals surface area contributed by atoms with Crippen molar-refractivity contribution in [1.29, 1.82) is 0 Å². The van der Waals surface area contributed by atoms with Gasteiger partial charge >= 0.3 is 6.03 Å². The van der Waals surface area contributed by atoms with Crippen LogP contribution in [0.2, 0.25) is 5.02 Å². The van der Waals surface area contributed by atoms with Gasteiger partial charge in [-0.1, -0.05) is 17.7 Å². The smallest absolute Gasteiger partial charge is 0.322 e. The molecule has 2 aliphatic heterocycles. The van der Waals surface area contributed by atoms with E-state index in [1.54, 1.807) is 6.07 Å². The predicted molar refractivity (Wildman–Crippen MR) is 103 cm³/mol. The second kappa shape index (κ2) is 8.88. The molecule has 2 aliphatic rings. The first-order chi connectivity index (χ1) is 12.1. The summed E-state index contributed by atoms with van der Waals surface area (Å²) in [6.07, 6.45) is 4.48. The van der Waals surface area contributed by atoms with Gasteiger partial charge in [0.25, 0.3) is 0 Å². The van der Waals surface area contributed by atoms with Gasteiger partial charge in [-0.25, -0.2) is 4.79 Å². The van der Waals surface area contributed by atoms with Crippen LogP contribution in [0, 0.1) is 0 Å². The van der Waals surface area contributed by atoms with Crippen LogP contribution in [0.3, 0.4) is 0 Å². The van der Waals surface area contributed by atoms with Crippen LogP contribution in [-0.2, 0) is 0 Å². The Bertz CT molecular complexity index is 574. The number of halogens is 1. The van der Waals surface area contributed by atoms with E-state index in [-0.39, 0.29) is 6.03 Å². The molecule has 6 heteroatoms. The zero-order valence-electron chi connectivity index (χ0n) is 15.1. The highest BCUT2D eigenvalue weighted by Gasteiger charge is 2.27. The molecule has 2 heterocycles. The van der Waals surface area contributed by atoms with Gasteiger partial charge in [0.05, 0.1) is 0 Å². The maximum atomic E-state index is 12.7. The lowest BCUT2D eigenvalue weighted by molar-refractivity contribution is 0.122. The molecule has 138 valence electrons. The van der Waals surface area contributed by atoms with Crippen molar-refractivity contribution >= 4 is 23.3 Å². The fourth-order valence-corrected chi connectivity index (χ4v) is 3.92. The first kappa shape index (κ1) is 18.5. The molecule has 5 nitrogen and oxygen atoms in total. The van der Waals surface area contributed by atoms with Crippen LogP contribution in [0.5, 0.6) is 0 Å². The van der Waals surface area contributed by atoms with Gasteiger partial charge in [0.15, 0.2) is 0 Å². The second-order valence-corrected chi connectivity index (χ2v) is 7.65. The summed E-state index contributed by atoms with van der Waals surface area (Å²) in [5.41, 5.74) is 0.765. The molecule has 1 aromatic carbocycles. The standard InChI is InChI=1S/C19H29ClN4O/c1-22-11-13-23(14-12-22)10-8-18-7-2-3-9-24(18)19(25)21-17-6-4-5-16(20)15-17/h4-6,15,18H,2-3,7-14H2,1H3,(H,21,25). The third kappa shape index (κ3) is 5.33. The Labute approximate surface area is 155 Å². The molecule has 1 aromatic rings. The lowest BCUT2D eigenvalue weighted by atomic mass is 9.99. The number of anilines is 1. The Morgan fingerprint density at radius 3 is 2.76 bits per heavy atom. The molecule has 0 radical (unpaired) electrons. The number of amides is 2. The van der Waals surface area contributed by atoms with Gasteiger partial charge < -0.3 is 20.0 Å². The monoisotopic (exact) mass is 364 g/mol. The molecule has 2 saturated heterocycles. The highest BCUT2D eigenvalue weighted by molar-refractivity contribution is 6.30. The Morgan fingerprint density at radius 1 is 1.20 bits per heavy atom. The minimum absolute atomic E-state index is 0.00495. The maximum absolute atomic E-state index is 12.7. The number of urea groups is 1. The normalized spacial score (nSPS) is 22.8. The Hall–Kier alpha value is -1.30. The molecule has 1 N–H and O–H groups in total. The van der Waals surface area contributed by atoms with Crippen molar-refractivity contribution in [2.45, 2.75) is 31.7 Å². The number of rotatable bonds is 4. The van der Waals surface area contributed by atoms with E-state index in [1.165, 1.54) is 6.42 Å². The topological polar surface area (TPSA) is 38.8 Å². The van der Waals surface area contributed by atoms with E-state index in [0.29, 0.717) is 11.1 Å². The average molecular weight is 365 g/mol. The largest absolute Gasteiger partial charge is 0.322 e. The number of likely N-dealkylation sites (tertiary alicyclic amines) is 1. The van der Waals surface area contributed by atoms with E-state index in [0.717, 1.165) is 64.2 Å². The summed E-state index contributed by atoms with van der Waals surface area (Å²) in [6, 6.07) is 7.70. The molecule has 2 fully saturated rings. The summed E-state index contributed by atoms with van der Waals surface area (Å²) >= 11 is 6.01. The van der Waals surface area contributed by atoms with Crippen LogP contribution in [0.15, 0.2) is 24.3 Å². The zero-order valence-corrected chi connectivity index (χ0v) is 15.8. The molecule has 1 unspecified atom stereocenters. The van der Waals surface area contributed by atoms with Crippen LogP contribution in [0.4, 0.5) is 10.5 Å². The highest BCUT2D eigenvalue weighted by atomic mass is 35.5. The van der Waals surface area contributed by atoms with Crippen molar-refractivity contribution in [3.63, 3.8) is 0 Å². The van der Waals surface area contributed by atoms with Crippen molar-refractivity contribution in [1.82, 2.24) is 14.7 Å². The third-order valence-electron chi connectivity index (χ3n) is 5.34. The van der Waals surface area contributed by atoms with Crippen molar-refractivity contribution < 1.29 is 4.79 Å². The lowest BCUT2D eigenvalue weighted by Gasteiger charge is -2.38. The van der Waals surface area contributed by atoms with Crippen LogP contribution in [-0.4, -0.2) is 73.1 Å². The molecule has 0 spiro atoms. The number of piperazine rings is 1. The van der Waals surface area contributed by atoms with Gasteiger partial charge in [-0.2, -0.15) is 0 Å².